The van der Waals surface area contributed by atoms with Crippen molar-refractivity contribution in [2.24, 2.45) is 0 Å². The summed E-state index contributed by atoms with van der Waals surface area (Å²) >= 11 is 0. The fraction of sp³-hybridized carbons (Fsp3) is 0.500. The van der Waals surface area contributed by atoms with Crippen LogP contribution < -0.4 is 0 Å². The van der Waals surface area contributed by atoms with Gasteiger partial charge in [-0.1, -0.05) is 6.07 Å². The fourth-order valence-electron chi connectivity index (χ4n) is 2.97. The van der Waals surface area contributed by atoms with Crippen LogP contribution in [0.2, 0.25) is 0 Å². The van der Waals surface area contributed by atoms with E-state index < -0.39 is 31.4 Å². The van der Waals surface area contributed by atoms with Crippen molar-refractivity contribution in [2.75, 3.05) is 12.3 Å². The lowest BCUT2D eigenvalue weighted by Crippen LogP contribution is -2.28. The summed E-state index contributed by atoms with van der Waals surface area (Å²) in [4.78, 5) is -0.154. The average molecular weight is 361 g/mol. The molecule has 0 amide bonds. The lowest BCUT2D eigenvalue weighted by Gasteiger charge is -2.17. The molecule has 7 nitrogen and oxygen atoms in total. The van der Waals surface area contributed by atoms with Crippen molar-refractivity contribution in [3.63, 3.8) is 0 Å². The van der Waals surface area contributed by atoms with Crippen LogP contribution in [0, 0.1) is 0 Å². The lowest BCUT2D eigenvalue weighted by atomic mass is 9.82. The number of benzene rings is 1. The third-order valence-electron chi connectivity index (χ3n) is 4.28. The predicted octanol–water partition coefficient (Wildman–Crippen LogP) is 1.26. The Morgan fingerprint density at radius 2 is 1.83 bits per heavy atom. The van der Waals surface area contributed by atoms with Gasteiger partial charge in [0.1, 0.15) is 11.4 Å². The normalized spacial score (nSPS) is 17.4. The van der Waals surface area contributed by atoms with Crippen LogP contribution in [0.4, 0.5) is 5.69 Å². The second-order valence-electron chi connectivity index (χ2n) is 6.10. The fourth-order valence-corrected chi connectivity index (χ4v) is 4.33. The predicted molar refractivity (Wildman–Crippen MR) is 83.9 cm³/mol. The molecule has 1 aliphatic rings. The molecular weight excluding hydrogens is 342 g/mol. The molecule has 1 aromatic carbocycles. The van der Waals surface area contributed by atoms with E-state index in [9.17, 15) is 25.9 Å². The Labute approximate surface area is 136 Å². The minimum Gasteiger partial charge on any atom is -0.748 e. The summed E-state index contributed by atoms with van der Waals surface area (Å²) in [6.07, 6.45) is 0.134. The summed E-state index contributed by atoms with van der Waals surface area (Å²) in [6, 6.07) is 4.58. The van der Waals surface area contributed by atoms with Crippen molar-refractivity contribution < 1.29 is 30.5 Å². The maximum absolute atomic E-state index is 11.6. The first-order valence-electron chi connectivity index (χ1n) is 7.02. The summed E-state index contributed by atoms with van der Waals surface area (Å²) in [7, 11) is -8.67. The van der Waals surface area contributed by atoms with Crippen LogP contribution in [-0.4, -0.2) is 48.5 Å². The van der Waals surface area contributed by atoms with E-state index in [1.54, 1.807) is 10.6 Å². The highest BCUT2D eigenvalue weighted by Gasteiger charge is 2.46. The first kappa shape index (κ1) is 18.1. The molecule has 0 spiro atoms. The maximum atomic E-state index is 11.6. The molecule has 0 aromatic heterocycles. The van der Waals surface area contributed by atoms with Gasteiger partial charge in [-0.3, -0.25) is 4.55 Å². The molecule has 0 radical (unpaired) electrons. The van der Waals surface area contributed by atoms with Crippen molar-refractivity contribution in [1.82, 2.24) is 0 Å². The summed E-state index contributed by atoms with van der Waals surface area (Å²) in [5, 5.41) is 0. The maximum Gasteiger partial charge on any atom is 0.295 e. The highest BCUT2D eigenvalue weighted by Crippen LogP contribution is 2.43. The third kappa shape index (κ3) is 3.47. The second-order valence-corrected chi connectivity index (χ2v) is 9.02. The zero-order valence-corrected chi connectivity index (χ0v) is 14.7. The zero-order valence-electron chi connectivity index (χ0n) is 13.1. The summed E-state index contributed by atoms with van der Waals surface area (Å²) in [5.41, 5.74) is 1.26. The van der Waals surface area contributed by atoms with Gasteiger partial charge in [-0.15, -0.1) is 0 Å². The van der Waals surface area contributed by atoms with Crippen LogP contribution in [-0.2, 0) is 25.7 Å². The number of nitrogens with zero attached hydrogens (tertiary/aromatic N) is 1. The molecule has 128 valence electrons. The van der Waals surface area contributed by atoms with E-state index in [0.29, 0.717) is 11.3 Å². The van der Waals surface area contributed by atoms with Crippen LogP contribution in [0.1, 0.15) is 32.8 Å². The zero-order chi connectivity index (χ0) is 17.6. The summed E-state index contributed by atoms with van der Waals surface area (Å²) in [5.74, 6) is -0.482. The van der Waals surface area contributed by atoms with Crippen molar-refractivity contribution >= 4 is 31.6 Å². The van der Waals surface area contributed by atoms with Crippen molar-refractivity contribution in [2.45, 2.75) is 37.5 Å². The monoisotopic (exact) mass is 361 g/mol. The number of rotatable bonds is 5. The van der Waals surface area contributed by atoms with Gasteiger partial charge in [0.15, 0.2) is 5.71 Å². The third-order valence-corrected chi connectivity index (χ3v) is 5.97. The van der Waals surface area contributed by atoms with E-state index >= 15 is 0 Å². The molecule has 0 atom stereocenters. The molecule has 23 heavy (non-hydrogen) atoms. The molecular formula is C14H19NO6S2. The molecule has 0 saturated carbocycles. The molecule has 0 bridgehead atoms. The van der Waals surface area contributed by atoms with Crippen LogP contribution in [0.3, 0.4) is 0 Å². The largest absolute Gasteiger partial charge is 0.748 e. The molecule has 1 aliphatic heterocycles. The minimum absolute atomic E-state index is 0.134. The van der Waals surface area contributed by atoms with Gasteiger partial charge in [0, 0.05) is 25.2 Å². The molecule has 0 aliphatic carbocycles. The topological polar surface area (TPSA) is 115 Å². The Kier molecular flexibility index (Phi) is 4.44. The minimum atomic E-state index is -4.38. The molecule has 0 unspecified atom stereocenters. The highest BCUT2D eigenvalue weighted by atomic mass is 32.2. The Morgan fingerprint density at radius 3 is 2.35 bits per heavy atom. The van der Waals surface area contributed by atoms with Gasteiger partial charge in [0.2, 0.25) is 5.69 Å². The van der Waals surface area contributed by atoms with Gasteiger partial charge < -0.3 is 4.55 Å². The Morgan fingerprint density at radius 1 is 1.22 bits per heavy atom. The van der Waals surface area contributed by atoms with Crippen LogP contribution >= 0.6 is 0 Å². The van der Waals surface area contributed by atoms with Gasteiger partial charge >= 0.3 is 0 Å². The van der Waals surface area contributed by atoms with Crippen LogP contribution in [0.5, 0.6) is 0 Å². The van der Waals surface area contributed by atoms with Crippen LogP contribution in [0.15, 0.2) is 23.1 Å². The van der Waals surface area contributed by atoms with Crippen molar-refractivity contribution in [3.05, 3.63) is 23.8 Å². The standard InChI is InChI=1S/C14H19NO6S2/c1-10-14(2,3)13-11(6-4-7-12(13)23(19,20)21)15(10)8-5-9-22(16,17)18/h4,6-7H,5,8-9H2,1-3H3,(H-,16,17,18,19,20,21). The van der Waals surface area contributed by atoms with Crippen molar-refractivity contribution in [3.8, 4) is 0 Å². The molecule has 1 aromatic rings. The van der Waals surface area contributed by atoms with Gasteiger partial charge in [-0.2, -0.15) is 13.0 Å². The molecule has 1 heterocycles. The van der Waals surface area contributed by atoms with E-state index in [0.717, 1.165) is 5.71 Å². The van der Waals surface area contributed by atoms with E-state index in [4.69, 9.17) is 0 Å². The smallest absolute Gasteiger partial charge is 0.295 e. The first-order chi connectivity index (χ1) is 10.4. The van der Waals surface area contributed by atoms with Gasteiger partial charge in [0.05, 0.1) is 21.1 Å². The van der Waals surface area contributed by atoms with Gasteiger partial charge in [-0.25, -0.2) is 8.42 Å². The quantitative estimate of drug-likeness (QED) is 0.624. The molecule has 0 fully saturated rings. The summed E-state index contributed by atoms with van der Waals surface area (Å²) < 4.78 is 66.8. The second kappa shape index (κ2) is 5.66. The SMILES string of the molecule is CC1=[N+](CCCS(=O)(=O)[O-])c2cccc(S(=O)(=O)O)c2C1(C)C. The Hall–Kier alpha value is -1.29. The number of hydrogen-bond acceptors (Lipinski definition) is 5. The Bertz CT molecular complexity index is 882. The molecule has 0 saturated heterocycles. The highest BCUT2D eigenvalue weighted by molar-refractivity contribution is 7.86. The first-order valence-corrected chi connectivity index (χ1v) is 10.0. The summed E-state index contributed by atoms with van der Waals surface area (Å²) in [6.45, 7) is 5.76. The molecule has 1 N–H and O–H groups in total. The van der Waals surface area contributed by atoms with E-state index in [1.165, 1.54) is 12.1 Å². The number of fused-ring (bicyclic) bond motifs is 1. The van der Waals surface area contributed by atoms with E-state index in [2.05, 4.69) is 0 Å². The van der Waals surface area contributed by atoms with Gasteiger partial charge in [0.25, 0.3) is 10.1 Å². The molecule has 9 heteroatoms. The Balaban J connectivity index is 2.51. The average Bonchev–Trinajstić information content (AvgIpc) is 2.57. The van der Waals surface area contributed by atoms with E-state index in [-0.39, 0.29) is 17.9 Å². The number of hydrogen-bond donors (Lipinski definition) is 1. The van der Waals surface area contributed by atoms with Crippen molar-refractivity contribution in [1.29, 1.82) is 0 Å². The van der Waals surface area contributed by atoms with Gasteiger partial charge in [-0.05, 0) is 19.9 Å². The van der Waals surface area contributed by atoms with E-state index in [1.807, 2.05) is 20.8 Å². The lowest BCUT2D eigenvalue weighted by molar-refractivity contribution is -0.438. The van der Waals surface area contributed by atoms with Crippen LogP contribution in [0.25, 0.3) is 0 Å². The molecule has 2 rings (SSSR count).